The third-order valence-electron chi connectivity index (χ3n) is 5.18. The number of Topliss-reactive ketones (excluding diaryl/α,β-unsaturated/α-hetero) is 1. The molecule has 0 amide bonds. The van der Waals surface area contributed by atoms with Crippen molar-refractivity contribution in [2.24, 2.45) is 0 Å². The Morgan fingerprint density at radius 1 is 1.22 bits per heavy atom. The van der Waals surface area contributed by atoms with E-state index in [0.29, 0.717) is 29.1 Å². The van der Waals surface area contributed by atoms with Crippen LogP contribution in [0.4, 0.5) is 5.69 Å². The Balaban J connectivity index is 1.64. The maximum absolute atomic E-state index is 12.8. The van der Waals surface area contributed by atoms with Crippen LogP contribution in [-0.2, 0) is 4.74 Å². The van der Waals surface area contributed by atoms with Crippen LogP contribution in [0.15, 0.2) is 24.3 Å². The molecular weight excluding hydrogens is 366 g/mol. The molecule has 2 N–H and O–H groups in total. The van der Waals surface area contributed by atoms with Crippen molar-refractivity contribution in [3.8, 4) is 0 Å². The topological polar surface area (TPSA) is 66.8 Å². The van der Waals surface area contributed by atoms with E-state index in [9.17, 15) is 9.59 Å². The Morgan fingerprint density at radius 2 is 1.89 bits per heavy atom. The number of quaternary nitrogens is 1. The van der Waals surface area contributed by atoms with Crippen LogP contribution in [0.2, 0.25) is 5.02 Å². The molecule has 1 aromatic heterocycles. The van der Waals surface area contributed by atoms with E-state index in [-0.39, 0.29) is 5.78 Å². The Hall–Kier alpha value is -2.31. The number of halogens is 1. The first-order chi connectivity index (χ1) is 12.9. The van der Waals surface area contributed by atoms with E-state index in [1.807, 2.05) is 24.3 Å². The van der Waals surface area contributed by atoms with Crippen molar-refractivity contribution in [2.75, 3.05) is 44.7 Å². The van der Waals surface area contributed by atoms with Gasteiger partial charge in [0.25, 0.3) is 0 Å². The predicted octanol–water partition coefficient (Wildman–Crippen LogP) is 1.66. The molecule has 0 radical (unpaired) electrons. The molecule has 1 aliphatic heterocycles. The second-order valence-electron chi connectivity index (χ2n) is 6.90. The van der Waals surface area contributed by atoms with Gasteiger partial charge >= 0.3 is 5.97 Å². The molecule has 3 rings (SSSR count). The Morgan fingerprint density at radius 3 is 2.52 bits per heavy atom. The SMILES string of the molecule is COC(=O)c1c(C)[nH]c(C(=O)C[NH+]2CCN(c3ccccc3Cl)CC2)c1C. The van der Waals surface area contributed by atoms with Crippen LogP contribution in [0.5, 0.6) is 0 Å². The molecule has 1 saturated heterocycles. The zero-order chi connectivity index (χ0) is 19.6. The molecular formula is C20H25ClN3O3+. The Bertz CT molecular complexity index is 854. The van der Waals surface area contributed by atoms with Crippen molar-refractivity contribution in [1.82, 2.24) is 4.98 Å². The standard InChI is InChI=1S/C20H24ClN3O3/c1-13-18(20(26)27-3)14(2)22-19(13)17(25)12-23-8-10-24(11-9-23)16-7-5-4-6-15(16)21/h4-7,22H,8-12H2,1-3H3/p+1. The molecule has 2 heterocycles. The number of benzene rings is 1. The molecule has 1 fully saturated rings. The highest BCUT2D eigenvalue weighted by molar-refractivity contribution is 6.33. The van der Waals surface area contributed by atoms with E-state index < -0.39 is 5.97 Å². The normalized spacial score (nSPS) is 15.0. The number of aryl methyl sites for hydroxylation is 1. The molecule has 0 unspecified atom stereocenters. The summed E-state index contributed by atoms with van der Waals surface area (Å²) < 4.78 is 4.81. The number of hydrogen-bond donors (Lipinski definition) is 2. The largest absolute Gasteiger partial charge is 0.465 e. The second-order valence-corrected chi connectivity index (χ2v) is 7.31. The van der Waals surface area contributed by atoms with Crippen molar-refractivity contribution in [2.45, 2.75) is 13.8 Å². The average molecular weight is 391 g/mol. The van der Waals surface area contributed by atoms with Crippen LogP contribution in [-0.4, -0.2) is 56.6 Å². The smallest absolute Gasteiger partial charge is 0.339 e. The minimum Gasteiger partial charge on any atom is -0.465 e. The minimum atomic E-state index is -0.416. The van der Waals surface area contributed by atoms with Crippen LogP contribution in [0.3, 0.4) is 0 Å². The first kappa shape index (κ1) is 19.5. The van der Waals surface area contributed by atoms with Crippen molar-refractivity contribution in [3.63, 3.8) is 0 Å². The number of piperazine rings is 1. The average Bonchev–Trinajstić information content (AvgIpc) is 2.97. The maximum Gasteiger partial charge on any atom is 0.339 e. The number of aromatic nitrogens is 1. The number of ether oxygens (including phenoxy) is 1. The molecule has 2 aromatic rings. The van der Waals surface area contributed by atoms with Gasteiger partial charge in [-0.2, -0.15) is 0 Å². The molecule has 6 nitrogen and oxygen atoms in total. The Labute approximate surface area is 164 Å². The van der Waals surface area contributed by atoms with Crippen molar-refractivity contribution in [1.29, 1.82) is 0 Å². The molecule has 7 heteroatoms. The van der Waals surface area contributed by atoms with Gasteiger partial charge in [-0.15, -0.1) is 0 Å². The van der Waals surface area contributed by atoms with Gasteiger partial charge in [-0.3, -0.25) is 4.79 Å². The summed E-state index contributed by atoms with van der Waals surface area (Å²) in [5, 5.41) is 0.754. The number of rotatable bonds is 5. The second kappa shape index (κ2) is 8.15. The van der Waals surface area contributed by atoms with Crippen LogP contribution in [0.1, 0.15) is 32.1 Å². The molecule has 1 aliphatic rings. The number of nitrogens with zero attached hydrogens (tertiary/aromatic N) is 1. The lowest BCUT2D eigenvalue weighted by molar-refractivity contribution is -0.892. The zero-order valence-electron chi connectivity index (χ0n) is 15.9. The van der Waals surface area contributed by atoms with Crippen molar-refractivity contribution in [3.05, 3.63) is 51.8 Å². The number of para-hydroxylation sites is 1. The van der Waals surface area contributed by atoms with Gasteiger partial charge in [0.05, 0.1) is 55.3 Å². The Kier molecular flexibility index (Phi) is 5.87. The van der Waals surface area contributed by atoms with Crippen LogP contribution in [0, 0.1) is 13.8 Å². The first-order valence-electron chi connectivity index (χ1n) is 9.06. The number of nitrogens with one attached hydrogen (secondary N) is 2. The van der Waals surface area contributed by atoms with Crippen LogP contribution < -0.4 is 9.80 Å². The molecule has 144 valence electrons. The van der Waals surface area contributed by atoms with E-state index in [0.717, 1.165) is 36.9 Å². The summed E-state index contributed by atoms with van der Waals surface area (Å²) in [5.74, 6) is -0.395. The summed E-state index contributed by atoms with van der Waals surface area (Å²) >= 11 is 6.29. The molecule has 0 bridgehead atoms. The summed E-state index contributed by atoms with van der Waals surface area (Å²) in [4.78, 5) is 31.2. The van der Waals surface area contributed by atoms with Crippen LogP contribution in [0.25, 0.3) is 0 Å². The first-order valence-corrected chi connectivity index (χ1v) is 9.44. The number of hydrogen-bond acceptors (Lipinski definition) is 4. The van der Waals surface area contributed by atoms with Gasteiger partial charge in [-0.25, -0.2) is 4.79 Å². The number of H-pyrrole nitrogens is 1. The fourth-order valence-corrected chi connectivity index (χ4v) is 3.96. The fraction of sp³-hybridized carbons (Fsp3) is 0.400. The third kappa shape index (κ3) is 4.01. The summed E-state index contributed by atoms with van der Waals surface area (Å²) in [6, 6.07) is 7.83. The van der Waals surface area contributed by atoms with Crippen LogP contribution >= 0.6 is 11.6 Å². The number of aromatic amines is 1. The summed E-state index contributed by atoms with van der Waals surface area (Å²) in [6.07, 6.45) is 0. The van der Waals surface area contributed by atoms with Gasteiger partial charge in [0.1, 0.15) is 6.54 Å². The maximum atomic E-state index is 12.8. The van der Waals surface area contributed by atoms with E-state index in [2.05, 4.69) is 9.88 Å². The lowest BCUT2D eigenvalue weighted by Crippen LogP contribution is -3.15. The number of esters is 1. The molecule has 0 atom stereocenters. The highest BCUT2D eigenvalue weighted by atomic mass is 35.5. The quantitative estimate of drug-likeness (QED) is 0.602. The highest BCUT2D eigenvalue weighted by Gasteiger charge is 2.27. The van der Waals surface area contributed by atoms with Crippen molar-refractivity contribution >= 4 is 29.0 Å². The molecule has 0 spiro atoms. The summed E-state index contributed by atoms with van der Waals surface area (Å²) in [7, 11) is 1.35. The predicted molar refractivity (Wildman–Crippen MR) is 105 cm³/mol. The van der Waals surface area contributed by atoms with E-state index in [4.69, 9.17) is 16.3 Å². The zero-order valence-corrected chi connectivity index (χ0v) is 16.7. The molecule has 27 heavy (non-hydrogen) atoms. The number of ketones is 1. The number of carbonyl (C=O) groups is 2. The summed E-state index contributed by atoms with van der Waals surface area (Å²) in [5.41, 5.74) is 3.34. The lowest BCUT2D eigenvalue weighted by Gasteiger charge is -2.33. The molecule has 0 saturated carbocycles. The van der Waals surface area contributed by atoms with Gasteiger partial charge in [0, 0.05) is 5.69 Å². The summed E-state index contributed by atoms with van der Waals surface area (Å²) in [6.45, 7) is 7.39. The highest BCUT2D eigenvalue weighted by Crippen LogP contribution is 2.25. The number of methoxy groups -OCH3 is 1. The molecule has 1 aromatic carbocycles. The van der Waals surface area contributed by atoms with Gasteiger partial charge < -0.3 is 19.5 Å². The van der Waals surface area contributed by atoms with E-state index in [1.165, 1.54) is 12.0 Å². The number of anilines is 1. The fourth-order valence-electron chi connectivity index (χ4n) is 3.70. The van der Waals surface area contributed by atoms with E-state index >= 15 is 0 Å². The van der Waals surface area contributed by atoms with E-state index in [1.54, 1.807) is 13.8 Å². The molecule has 0 aliphatic carbocycles. The van der Waals surface area contributed by atoms with Crippen molar-refractivity contribution < 1.29 is 19.2 Å². The monoisotopic (exact) mass is 390 g/mol. The van der Waals surface area contributed by atoms with Gasteiger partial charge in [0.15, 0.2) is 0 Å². The van der Waals surface area contributed by atoms with Gasteiger partial charge in [-0.05, 0) is 31.5 Å². The lowest BCUT2D eigenvalue weighted by atomic mass is 10.1. The van der Waals surface area contributed by atoms with Gasteiger partial charge in [0.2, 0.25) is 5.78 Å². The third-order valence-corrected chi connectivity index (χ3v) is 5.50. The number of carbonyl (C=O) groups excluding carboxylic acids is 2. The van der Waals surface area contributed by atoms with Gasteiger partial charge in [-0.1, -0.05) is 23.7 Å². The minimum absolute atomic E-state index is 0.0203.